The van der Waals surface area contributed by atoms with Gasteiger partial charge < -0.3 is 9.32 Å². The number of allylic oxidation sites excluding steroid dienone is 6. The highest BCUT2D eigenvalue weighted by atomic mass is 35.5. The fourth-order valence-electron chi connectivity index (χ4n) is 1.47. The quantitative estimate of drug-likeness (QED) is 0.492. The van der Waals surface area contributed by atoms with Gasteiger partial charge >= 0.3 is 0 Å². The predicted octanol–water partition coefficient (Wildman–Crippen LogP) is 5.72. The third-order valence-corrected chi connectivity index (χ3v) is 3.01. The number of oxazole rings is 1. The summed E-state index contributed by atoms with van der Waals surface area (Å²) >= 11 is 5.70. The Hall–Kier alpha value is -2.00. The van der Waals surface area contributed by atoms with E-state index in [1.807, 2.05) is 33.2 Å². The van der Waals surface area contributed by atoms with E-state index in [2.05, 4.69) is 36.0 Å². The van der Waals surface area contributed by atoms with Crippen LogP contribution in [0.5, 0.6) is 0 Å². The summed E-state index contributed by atoms with van der Waals surface area (Å²) in [5.74, 6) is 0.562. The molecule has 3 nitrogen and oxygen atoms in total. The van der Waals surface area contributed by atoms with Gasteiger partial charge in [-0.1, -0.05) is 42.5 Å². The lowest BCUT2D eigenvalue weighted by molar-refractivity contribution is 0.498. The number of hydrogen-bond acceptors (Lipinski definition) is 3. The Bertz CT molecular complexity index is 590. The van der Waals surface area contributed by atoms with Crippen LogP contribution in [0.4, 0.5) is 0 Å². The van der Waals surface area contributed by atoms with Crippen molar-refractivity contribution in [1.82, 2.24) is 9.88 Å². The molecule has 0 unspecified atom stereocenters. The van der Waals surface area contributed by atoms with Gasteiger partial charge in [-0.3, -0.25) is 0 Å². The normalized spacial score (nSPS) is 12.3. The molecular weight excluding hydrogens is 308 g/mol. The number of hydrogen-bond donors (Lipinski definition) is 0. The summed E-state index contributed by atoms with van der Waals surface area (Å²) in [7, 11) is 2.01. The molecule has 0 aliphatic heterocycles. The first-order valence-corrected chi connectivity index (χ1v) is 7.75. The monoisotopic (exact) mass is 334 g/mol. The maximum atomic E-state index is 5.70. The van der Waals surface area contributed by atoms with Gasteiger partial charge in [0.15, 0.2) is 0 Å². The first kappa shape index (κ1) is 21.0. The van der Waals surface area contributed by atoms with Crippen molar-refractivity contribution in [2.24, 2.45) is 0 Å². The lowest BCUT2D eigenvalue weighted by Gasteiger charge is -2.12. The summed E-state index contributed by atoms with van der Waals surface area (Å²) in [6.45, 7) is 16.2. The van der Waals surface area contributed by atoms with Crippen molar-refractivity contribution >= 4 is 17.2 Å². The van der Waals surface area contributed by atoms with Gasteiger partial charge in [0.1, 0.15) is 6.26 Å². The molecule has 1 aromatic heterocycles. The molecule has 0 bridgehead atoms. The molecule has 1 aromatic rings. The van der Waals surface area contributed by atoms with Gasteiger partial charge in [0.25, 0.3) is 0 Å². The fourth-order valence-corrected chi connectivity index (χ4v) is 1.53. The molecule has 0 aromatic carbocycles. The molecule has 0 saturated carbocycles. The standard InChI is InChI=1S/C11H12ClNO.C8H15N/c1-4-10(6-5-8(2)12)11-13-9(3)7-14-11;1-5-8(3)7-9(4)6-2/h4-7H,1H2,2-3H3;5-6H,2,7H2,1,3-4H3/b8-5+,10-6+;8-5+. The first-order valence-electron chi connectivity index (χ1n) is 7.37. The Morgan fingerprint density at radius 1 is 1.35 bits per heavy atom. The Morgan fingerprint density at radius 3 is 2.39 bits per heavy atom. The molecule has 1 rings (SSSR count). The molecule has 126 valence electrons. The van der Waals surface area contributed by atoms with Gasteiger partial charge in [0.05, 0.1) is 5.69 Å². The maximum absolute atomic E-state index is 5.70. The van der Waals surface area contributed by atoms with Gasteiger partial charge in [-0.15, -0.1) is 0 Å². The van der Waals surface area contributed by atoms with Crippen molar-refractivity contribution in [1.29, 1.82) is 0 Å². The lowest BCUT2D eigenvalue weighted by Crippen LogP contribution is -2.12. The van der Waals surface area contributed by atoms with Crippen LogP contribution in [-0.4, -0.2) is 23.5 Å². The minimum absolute atomic E-state index is 0.562. The summed E-state index contributed by atoms with van der Waals surface area (Å²) in [6.07, 6.45) is 10.8. The van der Waals surface area contributed by atoms with E-state index in [0.717, 1.165) is 17.8 Å². The Morgan fingerprint density at radius 2 is 2.00 bits per heavy atom. The molecular formula is C19H27ClN2O. The van der Waals surface area contributed by atoms with Crippen LogP contribution in [0.2, 0.25) is 0 Å². The van der Waals surface area contributed by atoms with Gasteiger partial charge in [0.2, 0.25) is 5.89 Å². The van der Waals surface area contributed by atoms with E-state index in [1.165, 1.54) is 5.57 Å². The second kappa shape index (κ2) is 11.6. The molecule has 23 heavy (non-hydrogen) atoms. The van der Waals surface area contributed by atoms with Crippen molar-refractivity contribution in [2.75, 3.05) is 13.6 Å². The Labute approximate surface area is 145 Å². The van der Waals surface area contributed by atoms with E-state index in [-0.39, 0.29) is 0 Å². The summed E-state index contributed by atoms with van der Waals surface area (Å²) < 4.78 is 5.23. The molecule has 0 spiro atoms. The van der Waals surface area contributed by atoms with Crippen LogP contribution in [0.1, 0.15) is 32.4 Å². The van der Waals surface area contributed by atoms with Crippen LogP contribution in [0, 0.1) is 6.92 Å². The van der Waals surface area contributed by atoms with E-state index in [1.54, 1.807) is 25.3 Å². The summed E-state index contributed by atoms with van der Waals surface area (Å²) in [5, 5.41) is 0.702. The highest BCUT2D eigenvalue weighted by Crippen LogP contribution is 2.15. The molecule has 0 N–H and O–H groups in total. The average molecular weight is 335 g/mol. The molecule has 0 amide bonds. The number of rotatable bonds is 6. The van der Waals surface area contributed by atoms with E-state index >= 15 is 0 Å². The molecule has 0 aliphatic rings. The summed E-state index contributed by atoms with van der Waals surface area (Å²) in [6, 6.07) is 0. The second-order valence-electron chi connectivity index (χ2n) is 5.11. The molecule has 0 saturated heterocycles. The first-order chi connectivity index (χ1) is 10.8. The van der Waals surface area contributed by atoms with Crippen molar-refractivity contribution in [2.45, 2.75) is 27.7 Å². The topological polar surface area (TPSA) is 29.3 Å². The number of likely N-dealkylation sites (N-methyl/N-ethyl adjacent to an activating group) is 1. The zero-order valence-electron chi connectivity index (χ0n) is 14.8. The van der Waals surface area contributed by atoms with Crippen molar-refractivity contribution in [3.8, 4) is 0 Å². The van der Waals surface area contributed by atoms with E-state index in [9.17, 15) is 0 Å². The summed E-state index contributed by atoms with van der Waals surface area (Å²) in [4.78, 5) is 6.23. The zero-order valence-corrected chi connectivity index (χ0v) is 15.5. The molecule has 0 aliphatic carbocycles. The Balaban J connectivity index is 0.000000468. The largest absolute Gasteiger partial charge is 0.444 e. The molecule has 4 heteroatoms. The molecule has 0 fully saturated rings. The van der Waals surface area contributed by atoms with Gasteiger partial charge in [0, 0.05) is 24.2 Å². The predicted molar refractivity (Wildman–Crippen MR) is 101 cm³/mol. The highest BCUT2D eigenvalue weighted by Gasteiger charge is 2.02. The number of aryl methyl sites for hydroxylation is 1. The minimum atomic E-state index is 0.562. The van der Waals surface area contributed by atoms with E-state index in [4.69, 9.17) is 16.0 Å². The van der Waals surface area contributed by atoms with E-state index < -0.39 is 0 Å². The minimum Gasteiger partial charge on any atom is -0.444 e. The number of nitrogens with zero attached hydrogens (tertiary/aromatic N) is 2. The van der Waals surface area contributed by atoms with Crippen molar-refractivity contribution in [3.63, 3.8) is 0 Å². The van der Waals surface area contributed by atoms with Crippen molar-refractivity contribution < 1.29 is 4.42 Å². The fraction of sp³-hybridized carbons (Fsp3) is 0.316. The zero-order chi connectivity index (χ0) is 17.8. The molecule has 1 heterocycles. The number of aromatic nitrogens is 1. The maximum Gasteiger partial charge on any atom is 0.226 e. The smallest absolute Gasteiger partial charge is 0.226 e. The molecule has 0 atom stereocenters. The van der Waals surface area contributed by atoms with Crippen LogP contribution >= 0.6 is 11.6 Å². The van der Waals surface area contributed by atoms with Crippen LogP contribution in [0.15, 0.2) is 64.9 Å². The Kier molecular flexibility index (Phi) is 10.5. The van der Waals surface area contributed by atoms with Crippen LogP contribution in [-0.2, 0) is 0 Å². The van der Waals surface area contributed by atoms with Crippen LogP contribution in [0.3, 0.4) is 0 Å². The third kappa shape index (κ3) is 9.59. The summed E-state index contributed by atoms with van der Waals surface area (Å²) in [5.41, 5.74) is 3.04. The van der Waals surface area contributed by atoms with Crippen LogP contribution < -0.4 is 0 Å². The second-order valence-corrected chi connectivity index (χ2v) is 5.70. The van der Waals surface area contributed by atoms with Crippen LogP contribution in [0.25, 0.3) is 5.57 Å². The van der Waals surface area contributed by atoms with Gasteiger partial charge in [-0.05, 0) is 46.0 Å². The highest BCUT2D eigenvalue weighted by molar-refractivity contribution is 6.29. The van der Waals surface area contributed by atoms with E-state index in [0.29, 0.717) is 10.9 Å². The third-order valence-electron chi connectivity index (χ3n) is 2.88. The van der Waals surface area contributed by atoms with Gasteiger partial charge in [-0.2, -0.15) is 0 Å². The molecule has 0 radical (unpaired) electrons. The SMILES string of the molecule is C=C/C(=C\C=C(/C)Cl)c1nc(C)co1.C=CN(C)C/C(C)=C/C. The van der Waals surface area contributed by atoms with Gasteiger partial charge in [-0.25, -0.2) is 4.98 Å². The average Bonchev–Trinajstić information content (AvgIpc) is 2.94. The number of halogens is 1. The lowest BCUT2D eigenvalue weighted by atomic mass is 10.2. The van der Waals surface area contributed by atoms with Crippen molar-refractivity contribution in [3.05, 3.63) is 72.1 Å².